The van der Waals surface area contributed by atoms with Gasteiger partial charge in [-0.15, -0.1) is 0 Å². The molecule has 1 fully saturated rings. The number of urea groups is 1. The van der Waals surface area contributed by atoms with Crippen LogP contribution in [0.3, 0.4) is 0 Å². The predicted molar refractivity (Wildman–Crippen MR) is 117 cm³/mol. The zero-order valence-corrected chi connectivity index (χ0v) is 18.0. The second kappa shape index (κ2) is 8.64. The second-order valence-electron chi connectivity index (χ2n) is 8.27. The molecule has 0 atom stereocenters. The quantitative estimate of drug-likeness (QED) is 0.833. The summed E-state index contributed by atoms with van der Waals surface area (Å²) in [7, 11) is 3.18. The van der Waals surface area contributed by atoms with Gasteiger partial charge in [0.25, 0.3) is 0 Å². The molecule has 0 saturated carbocycles. The van der Waals surface area contributed by atoms with Crippen LogP contribution in [0.25, 0.3) is 0 Å². The normalized spacial score (nSPS) is 14.5. The summed E-state index contributed by atoms with van der Waals surface area (Å²) in [6, 6.07) is 14.0. The van der Waals surface area contributed by atoms with Crippen LogP contribution in [0, 0.1) is 0 Å². The van der Waals surface area contributed by atoms with Crippen LogP contribution >= 0.6 is 0 Å². The van der Waals surface area contributed by atoms with Gasteiger partial charge in [-0.25, -0.2) is 4.79 Å². The first-order chi connectivity index (χ1) is 13.8. The summed E-state index contributed by atoms with van der Waals surface area (Å²) < 4.78 is 10.6. The molecule has 0 bridgehead atoms. The van der Waals surface area contributed by atoms with E-state index in [2.05, 4.69) is 55.3 Å². The summed E-state index contributed by atoms with van der Waals surface area (Å²) in [6.45, 7) is 9.59. The number of nitrogens with zero attached hydrogens (tertiary/aromatic N) is 2. The van der Waals surface area contributed by atoms with Gasteiger partial charge in [-0.2, -0.15) is 0 Å². The molecule has 1 heterocycles. The van der Waals surface area contributed by atoms with Gasteiger partial charge in [0.15, 0.2) is 0 Å². The Labute approximate surface area is 173 Å². The second-order valence-corrected chi connectivity index (χ2v) is 8.27. The largest absolute Gasteiger partial charge is 0.497 e. The van der Waals surface area contributed by atoms with Gasteiger partial charge < -0.3 is 24.6 Å². The Balaban J connectivity index is 1.60. The van der Waals surface area contributed by atoms with Crippen LogP contribution in [0.15, 0.2) is 42.5 Å². The maximum Gasteiger partial charge on any atom is 0.322 e. The number of piperazine rings is 1. The summed E-state index contributed by atoms with van der Waals surface area (Å²) in [5.74, 6) is 1.28. The van der Waals surface area contributed by atoms with Crippen molar-refractivity contribution in [3.63, 3.8) is 0 Å². The van der Waals surface area contributed by atoms with Crippen LogP contribution in [0.1, 0.15) is 26.3 Å². The van der Waals surface area contributed by atoms with Crippen molar-refractivity contribution in [2.24, 2.45) is 0 Å². The van der Waals surface area contributed by atoms with Gasteiger partial charge in [-0.1, -0.05) is 32.9 Å². The molecule has 0 aliphatic carbocycles. The van der Waals surface area contributed by atoms with Crippen LogP contribution in [0.4, 0.5) is 16.2 Å². The minimum Gasteiger partial charge on any atom is -0.497 e. The Kier molecular flexibility index (Phi) is 6.20. The third kappa shape index (κ3) is 4.94. The van der Waals surface area contributed by atoms with E-state index in [1.807, 2.05) is 4.90 Å². The van der Waals surface area contributed by atoms with Crippen molar-refractivity contribution in [1.82, 2.24) is 4.90 Å². The molecule has 0 spiro atoms. The SMILES string of the molecule is COc1ccc(OC)c(NC(=O)N2CCN(c3ccc(C(C)(C)C)cc3)CC2)c1. The average Bonchev–Trinajstić information content (AvgIpc) is 2.73. The molecular weight excluding hydrogens is 366 g/mol. The number of anilines is 2. The fourth-order valence-corrected chi connectivity index (χ4v) is 3.45. The number of amides is 2. The fraction of sp³-hybridized carbons (Fsp3) is 0.435. The molecule has 1 saturated heterocycles. The fourth-order valence-electron chi connectivity index (χ4n) is 3.45. The molecule has 1 aliphatic rings. The van der Waals surface area contributed by atoms with E-state index >= 15 is 0 Å². The molecular formula is C23H31N3O3. The lowest BCUT2D eigenvalue weighted by atomic mass is 9.87. The number of hydrogen-bond acceptors (Lipinski definition) is 4. The molecule has 0 aromatic heterocycles. The number of carbonyl (C=O) groups is 1. The Hall–Kier alpha value is -2.89. The van der Waals surface area contributed by atoms with Crippen molar-refractivity contribution in [2.75, 3.05) is 50.6 Å². The van der Waals surface area contributed by atoms with E-state index in [1.54, 1.807) is 32.4 Å². The highest BCUT2D eigenvalue weighted by Crippen LogP contribution is 2.29. The average molecular weight is 398 g/mol. The molecule has 1 aliphatic heterocycles. The van der Waals surface area contributed by atoms with Gasteiger partial charge in [-0.3, -0.25) is 0 Å². The molecule has 156 valence electrons. The standard InChI is InChI=1S/C23H31N3O3/c1-23(2,3)17-6-8-18(9-7-17)25-12-14-26(15-13-25)22(27)24-20-16-19(28-4)10-11-21(20)29-5/h6-11,16H,12-15H2,1-5H3,(H,24,27). The first-order valence-corrected chi connectivity index (χ1v) is 9.95. The molecule has 0 radical (unpaired) electrons. The highest BCUT2D eigenvalue weighted by molar-refractivity contribution is 5.91. The summed E-state index contributed by atoms with van der Waals surface area (Å²) in [5.41, 5.74) is 3.28. The molecule has 1 N–H and O–H groups in total. The van der Waals surface area contributed by atoms with E-state index in [-0.39, 0.29) is 11.4 Å². The van der Waals surface area contributed by atoms with Gasteiger partial charge in [0.2, 0.25) is 0 Å². The molecule has 29 heavy (non-hydrogen) atoms. The van der Waals surface area contributed by atoms with Crippen LogP contribution in [-0.2, 0) is 5.41 Å². The third-order valence-corrected chi connectivity index (χ3v) is 5.31. The summed E-state index contributed by atoms with van der Waals surface area (Å²) >= 11 is 0. The maximum absolute atomic E-state index is 12.7. The van der Waals surface area contributed by atoms with E-state index in [0.29, 0.717) is 30.3 Å². The van der Waals surface area contributed by atoms with Crippen molar-refractivity contribution in [3.8, 4) is 11.5 Å². The maximum atomic E-state index is 12.7. The smallest absolute Gasteiger partial charge is 0.322 e. The van der Waals surface area contributed by atoms with Crippen molar-refractivity contribution in [1.29, 1.82) is 0 Å². The van der Waals surface area contributed by atoms with E-state index in [4.69, 9.17) is 9.47 Å². The number of carbonyl (C=O) groups excluding carboxylic acids is 1. The zero-order valence-electron chi connectivity index (χ0n) is 18.0. The van der Waals surface area contributed by atoms with Crippen LogP contribution in [0.2, 0.25) is 0 Å². The monoisotopic (exact) mass is 397 g/mol. The highest BCUT2D eigenvalue weighted by Gasteiger charge is 2.23. The first-order valence-electron chi connectivity index (χ1n) is 9.95. The van der Waals surface area contributed by atoms with E-state index in [1.165, 1.54) is 11.3 Å². The summed E-state index contributed by atoms with van der Waals surface area (Å²) in [6.07, 6.45) is 0. The van der Waals surface area contributed by atoms with Gasteiger partial charge in [0.1, 0.15) is 11.5 Å². The van der Waals surface area contributed by atoms with Crippen molar-refractivity contribution < 1.29 is 14.3 Å². The molecule has 6 nitrogen and oxygen atoms in total. The summed E-state index contributed by atoms with van der Waals surface area (Å²) in [5, 5.41) is 2.95. The molecule has 6 heteroatoms. The summed E-state index contributed by atoms with van der Waals surface area (Å²) in [4.78, 5) is 16.9. The molecule has 2 aromatic carbocycles. The van der Waals surface area contributed by atoms with Gasteiger partial charge in [-0.05, 0) is 35.2 Å². The number of methoxy groups -OCH3 is 2. The van der Waals surface area contributed by atoms with E-state index in [0.717, 1.165) is 13.1 Å². The zero-order chi connectivity index (χ0) is 21.0. The third-order valence-electron chi connectivity index (χ3n) is 5.31. The molecule has 0 unspecified atom stereocenters. The number of benzene rings is 2. The minimum atomic E-state index is -0.126. The van der Waals surface area contributed by atoms with E-state index in [9.17, 15) is 4.79 Å². The lowest BCUT2D eigenvalue weighted by molar-refractivity contribution is 0.208. The number of nitrogens with one attached hydrogen (secondary N) is 1. The van der Waals surface area contributed by atoms with Crippen molar-refractivity contribution in [2.45, 2.75) is 26.2 Å². The molecule has 2 aromatic rings. The Morgan fingerprint density at radius 3 is 2.14 bits per heavy atom. The van der Waals surface area contributed by atoms with Crippen molar-refractivity contribution >= 4 is 17.4 Å². The van der Waals surface area contributed by atoms with Crippen LogP contribution in [0.5, 0.6) is 11.5 Å². The minimum absolute atomic E-state index is 0.126. The van der Waals surface area contributed by atoms with Crippen LogP contribution < -0.4 is 19.7 Å². The predicted octanol–water partition coefficient (Wildman–Crippen LogP) is 4.36. The topological polar surface area (TPSA) is 54.0 Å². The number of hydrogen-bond donors (Lipinski definition) is 1. The lowest BCUT2D eigenvalue weighted by Crippen LogP contribution is -2.50. The van der Waals surface area contributed by atoms with Gasteiger partial charge in [0.05, 0.1) is 19.9 Å². The Morgan fingerprint density at radius 2 is 1.59 bits per heavy atom. The van der Waals surface area contributed by atoms with Crippen LogP contribution in [-0.4, -0.2) is 51.3 Å². The molecule has 3 rings (SSSR count). The van der Waals surface area contributed by atoms with E-state index < -0.39 is 0 Å². The number of ether oxygens (including phenoxy) is 2. The number of rotatable bonds is 4. The van der Waals surface area contributed by atoms with Gasteiger partial charge in [0, 0.05) is 37.9 Å². The first kappa shape index (κ1) is 20.8. The highest BCUT2D eigenvalue weighted by atomic mass is 16.5. The Bertz CT molecular complexity index is 835. The van der Waals surface area contributed by atoms with Gasteiger partial charge >= 0.3 is 6.03 Å². The molecule has 2 amide bonds. The van der Waals surface area contributed by atoms with Crippen molar-refractivity contribution in [3.05, 3.63) is 48.0 Å². The lowest BCUT2D eigenvalue weighted by Gasteiger charge is -2.36. The Morgan fingerprint density at radius 1 is 0.931 bits per heavy atom.